The van der Waals surface area contributed by atoms with Crippen LogP contribution in [-0.2, 0) is 6.54 Å². The largest absolute Gasteiger partial charge is 0.507 e. The molecule has 6 heteroatoms. The summed E-state index contributed by atoms with van der Waals surface area (Å²) in [5.41, 5.74) is 2.99. The lowest BCUT2D eigenvalue weighted by molar-refractivity contribution is 0.253. The smallest absolute Gasteiger partial charge is 0.346 e. The van der Waals surface area contributed by atoms with E-state index in [-0.39, 0.29) is 5.75 Å². The number of thiazole rings is 1. The van der Waals surface area contributed by atoms with Gasteiger partial charge in [0.15, 0.2) is 0 Å². The van der Waals surface area contributed by atoms with Crippen LogP contribution in [0.5, 0.6) is 5.75 Å². The Morgan fingerprint density at radius 3 is 2.45 bits per heavy atom. The van der Waals surface area contributed by atoms with Crippen LogP contribution in [0.3, 0.4) is 0 Å². The molecule has 0 bridgehead atoms. The number of rotatable bonds is 10. The van der Waals surface area contributed by atoms with Crippen LogP contribution >= 0.6 is 11.3 Å². The van der Waals surface area contributed by atoms with E-state index in [1.807, 2.05) is 41.8 Å². The molecule has 0 aliphatic heterocycles. The highest BCUT2D eigenvalue weighted by molar-refractivity contribution is 7.13. The van der Waals surface area contributed by atoms with Gasteiger partial charge < -0.3 is 9.52 Å². The molecule has 0 spiro atoms. The fourth-order valence-corrected chi connectivity index (χ4v) is 4.76. The summed E-state index contributed by atoms with van der Waals surface area (Å²) in [5.74, 6) is 0.164. The number of hydrogen-bond acceptors (Lipinski definition) is 6. The summed E-state index contributed by atoms with van der Waals surface area (Å²) in [6, 6.07) is 15.2. The number of phenolic OH excluding ortho intramolecular Hbond substituents is 1. The normalized spacial score (nSPS) is 11.5. The molecule has 2 aromatic heterocycles. The predicted octanol–water partition coefficient (Wildman–Crippen LogP) is 6.69. The minimum absolute atomic E-state index is 0.164. The van der Waals surface area contributed by atoms with Gasteiger partial charge in [-0.15, -0.1) is 11.3 Å². The molecule has 172 valence electrons. The predicted molar refractivity (Wildman–Crippen MR) is 136 cm³/mol. The van der Waals surface area contributed by atoms with Gasteiger partial charge in [-0.2, -0.15) is 0 Å². The molecule has 1 N–H and O–H groups in total. The van der Waals surface area contributed by atoms with E-state index in [1.54, 1.807) is 12.1 Å². The number of hydrogen-bond donors (Lipinski definition) is 1. The molecule has 0 aliphatic rings. The molecular formula is C27H30N2O3S. The topological polar surface area (TPSA) is 66.6 Å². The van der Waals surface area contributed by atoms with Gasteiger partial charge in [-0.05, 0) is 44.1 Å². The van der Waals surface area contributed by atoms with Gasteiger partial charge in [-0.25, -0.2) is 9.78 Å². The Morgan fingerprint density at radius 2 is 1.76 bits per heavy atom. The monoisotopic (exact) mass is 462 g/mol. The summed E-state index contributed by atoms with van der Waals surface area (Å²) in [6.07, 6.45) is 4.41. The molecule has 4 aromatic rings. The summed E-state index contributed by atoms with van der Waals surface area (Å²) < 4.78 is 5.81. The van der Waals surface area contributed by atoms with E-state index in [4.69, 9.17) is 4.42 Å². The maximum absolute atomic E-state index is 13.0. The Morgan fingerprint density at radius 1 is 1.03 bits per heavy atom. The van der Waals surface area contributed by atoms with Gasteiger partial charge in [0.2, 0.25) is 0 Å². The Balaban J connectivity index is 1.69. The first-order valence-corrected chi connectivity index (χ1v) is 12.5. The van der Waals surface area contributed by atoms with Gasteiger partial charge in [-0.3, -0.25) is 4.90 Å². The van der Waals surface area contributed by atoms with E-state index in [0.29, 0.717) is 28.3 Å². The van der Waals surface area contributed by atoms with Crippen LogP contribution in [0, 0.1) is 0 Å². The third-order valence-electron chi connectivity index (χ3n) is 5.82. The molecule has 0 amide bonds. The summed E-state index contributed by atoms with van der Waals surface area (Å²) in [7, 11) is 0. The highest BCUT2D eigenvalue weighted by Crippen LogP contribution is 2.32. The van der Waals surface area contributed by atoms with Crippen LogP contribution in [-0.4, -0.2) is 28.1 Å². The first kappa shape index (κ1) is 23.2. The summed E-state index contributed by atoms with van der Waals surface area (Å²) in [6.45, 7) is 6.82. The van der Waals surface area contributed by atoms with Crippen LogP contribution < -0.4 is 5.63 Å². The van der Waals surface area contributed by atoms with Gasteiger partial charge in [0.05, 0.1) is 16.8 Å². The lowest BCUT2D eigenvalue weighted by Gasteiger charge is -2.23. The van der Waals surface area contributed by atoms with Crippen molar-refractivity contribution in [2.24, 2.45) is 0 Å². The van der Waals surface area contributed by atoms with Crippen molar-refractivity contribution < 1.29 is 9.52 Å². The second kappa shape index (κ2) is 10.8. The van der Waals surface area contributed by atoms with Crippen molar-refractivity contribution in [3.63, 3.8) is 0 Å². The van der Waals surface area contributed by atoms with Gasteiger partial charge in [0.25, 0.3) is 0 Å². The van der Waals surface area contributed by atoms with Gasteiger partial charge in [0, 0.05) is 22.9 Å². The maximum Gasteiger partial charge on any atom is 0.346 e. The zero-order chi connectivity index (χ0) is 23.2. The maximum atomic E-state index is 13.0. The van der Waals surface area contributed by atoms with E-state index < -0.39 is 5.63 Å². The average molecular weight is 463 g/mol. The Hall–Kier alpha value is -2.96. The van der Waals surface area contributed by atoms with Crippen LogP contribution in [0.15, 0.2) is 63.1 Å². The lowest BCUT2D eigenvalue weighted by Crippen LogP contribution is -2.25. The van der Waals surface area contributed by atoms with Crippen molar-refractivity contribution >= 4 is 22.3 Å². The molecule has 0 saturated heterocycles. The Kier molecular flexibility index (Phi) is 7.57. The number of phenols is 1. The highest BCUT2D eigenvalue weighted by atomic mass is 32.1. The first-order chi connectivity index (χ1) is 16.1. The summed E-state index contributed by atoms with van der Waals surface area (Å²) in [5, 5.41) is 14.0. The van der Waals surface area contributed by atoms with Crippen molar-refractivity contribution in [3.05, 3.63) is 69.9 Å². The van der Waals surface area contributed by atoms with Gasteiger partial charge >= 0.3 is 5.63 Å². The molecule has 2 heterocycles. The van der Waals surface area contributed by atoms with Crippen molar-refractivity contribution in [2.45, 2.75) is 46.1 Å². The summed E-state index contributed by atoms with van der Waals surface area (Å²) in [4.78, 5) is 20.0. The third kappa shape index (κ3) is 5.34. The van der Waals surface area contributed by atoms with Crippen LogP contribution in [0.1, 0.15) is 45.1 Å². The molecule has 2 aromatic carbocycles. The molecule has 0 fully saturated rings. The zero-order valence-electron chi connectivity index (χ0n) is 19.2. The van der Waals surface area contributed by atoms with Crippen molar-refractivity contribution in [1.29, 1.82) is 0 Å². The average Bonchev–Trinajstić information content (AvgIpc) is 3.33. The quantitative estimate of drug-likeness (QED) is 0.266. The number of benzene rings is 2. The van der Waals surface area contributed by atoms with Crippen LogP contribution in [0.25, 0.3) is 32.8 Å². The second-order valence-corrected chi connectivity index (χ2v) is 9.17. The third-order valence-corrected chi connectivity index (χ3v) is 6.70. The molecule has 0 unspecified atom stereocenters. The Bertz CT molecular complexity index is 1260. The lowest BCUT2D eigenvalue weighted by atomic mass is 10.1. The minimum atomic E-state index is -0.433. The fourth-order valence-electron chi connectivity index (χ4n) is 3.93. The van der Waals surface area contributed by atoms with E-state index in [0.717, 1.165) is 55.4 Å². The molecule has 33 heavy (non-hydrogen) atoms. The van der Waals surface area contributed by atoms with E-state index in [1.165, 1.54) is 11.3 Å². The number of fused-ring (bicyclic) bond motifs is 1. The number of aromatic nitrogens is 1. The number of nitrogens with zero attached hydrogens (tertiary/aromatic N) is 2. The standard InChI is InChI=1S/C27H30N2O3S/c1-3-5-14-29(15-6-4-2)17-22-24(30)13-12-20-16-21(27(31)32-25(20)22)26-28-23(18-33-26)19-10-8-7-9-11-19/h7-13,16,18,30H,3-6,14-15,17H2,1-2H3. The number of unbranched alkanes of at least 4 members (excludes halogenated alkanes) is 2. The Labute approximate surface area is 198 Å². The van der Waals surface area contributed by atoms with Crippen molar-refractivity contribution in [2.75, 3.05) is 13.1 Å². The fraction of sp³-hybridized carbons (Fsp3) is 0.333. The first-order valence-electron chi connectivity index (χ1n) is 11.6. The molecule has 0 atom stereocenters. The highest BCUT2D eigenvalue weighted by Gasteiger charge is 2.18. The second-order valence-electron chi connectivity index (χ2n) is 8.32. The van der Waals surface area contributed by atoms with Crippen LogP contribution in [0.4, 0.5) is 0 Å². The molecule has 0 saturated carbocycles. The molecule has 4 rings (SSSR count). The molecule has 0 radical (unpaired) electrons. The molecule has 0 aliphatic carbocycles. The molecule has 5 nitrogen and oxygen atoms in total. The van der Waals surface area contributed by atoms with E-state index in [2.05, 4.69) is 23.7 Å². The van der Waals surface area contributed by atoms with Crippen molar-refractivity contribution in [3.8, 4) is 27.6 Å². The molecular weight excluding hydrogens is 432 g/mol. The zero-order valence-corrected chi connectivity index (χ0v) is 20.0. The van der Waals surface area contributed by atoms with Gasteiger partial charge in [-0.1, -0.05) is 57.0 Å². The summed E-state index contributed by atoms with van der Waals surface area (Å²) >= 11 is 1.43. The van der Waals surface area contributed by atoms with E-state index >= 15 is 0 Å². The number of aromatic hydroxyl groups is 1. The van der Waals surface area contributed by atoms with Crippen molar-refractivity contribution in [1.82, 2.24) is 9.88 Å². The SMILES string of the molecule is CCCCN(CCCC)Cc1c(O)ccc2cc(-c3nc(-c4ccccc4)cs3)c(=O)oc12. The minimum Gasteiger partial charge on any atom is -0.507 e. The van der Waals surface area contributed by atoms with E-state index in [9.17, 15) is 9.90 Å². The van der Waals surface area contributed by atoms with Crippen LogP contribution in [0.2, 0.25) is 0 Å². The van der Waals surface area contributed by atoms with Gasteiger partial charge in [0.1, 0.15) is 16.3 Å².